The van der Waals surface area contributed by atoms with E-state index < -0.39 is 0 Å². The molecular formula is C16H26FN3. The number of para-hydroxylation sites is 1. The van der Waals surface area contributed by atoms with Crippen LogP contribution in [-0.2, 0) is 0 Å². The van der Waals surface area contributed by atoms with Gasteiger partial charge in [-0.15, -0.1) is 0 Å². The molecule has 20 heavy (non-hydrogen) atoms. The zero-order valence-electron chi connectivity index (χ0n) is 12.8. The van der Waals surface area contributed by atoms with Gasteiger partial charge in [-0.2, -0.15) is 0 Å². The van der Waals surface area contributed by atoms with Crippen LogP contribution in [0, 0.1) is 5.82 Å². The zero-order valence-corrected chi connectivity index (χ0v) is 12.8. The Morgan fingerprint density at radius 3 is 2.40 bits per heavy atom. The highest BCUT2D eigenvalue weighted by Crippen LogP contribution is 2.20. The summed E-state index contributed by atoms with van der Waals surface area (Å²) in [6, 6.07) is 7.05. The van der Waals surface area contributed by atoms with E-state index >= 15 is 0 Å². The third kappa shape index (κ3) is 3.93. The van der Waals surface area contributed by atoms with Crippen LogP contribution in [-0.4, -0.2) is 49.7 Å². The molecule has 1 aromatic carbocycles. The molecule has 0 amide bonds. The molecule has 4 heteroatoms. The molecule has 0 aliphatic carbocycles. The van der Waals surface area contributed by atoms with Crippen molar-refractivity contribution in [2.45, 2.75) is 26.3 Å². The summed E-state index contributed by atoms with van der Waals surface area (Å²) >= 11 is 0. The van der Waals surface area contributed by atoms with Crippen LogP contribution >= 0.6 is 0 Å². The summed E-state index contributed by atoms with van der Waals surface area (Å²) in [6.07, 6.45) is 0. The summed E-state index contributed by atoms with van der Waals surface area (Å²) < 4.78 is 13.8. The van der Waals surface area contributed by atoms with Gasteiger partial charge in [-0.1, -0.05) is 19.1 Å². The van der Waals surface area contributed by atoms with Gasteiger partial charge in [0.15, 0.2) is 0 Å². The van der Waals surface area contributed by atoms with Crippen LogP contribution < -0.4 is 10.2 Å². The van der Waals surface area contributed by atoms with E-state index in [0.717, 1.165) is 45.0 Å². The smallest absolute Gasteiger partial charge is 0.146 e. The molecule has 1 aliphatic heterocycles. The Morgan fingerprint density at radius 1 is 1.15 bits per heavy atom. The Bertz CT molecular complexity index is 425. The van der Waals surface area contributed by atoms with Gasteiger partial charge in [-0.05, 0) is 32.5 Å². The largest absolute Gasteiger partial charge is 0.367 e. The average molecular weight is 279 g/mol. The summed E-state index contributed by atoms with van der Waals surface area (Å²) in [5.41, 5.74) is 0.868. The predicted octanol–water partition coefficient (Wildman–Crippen LogP) is 2.34. The lowest BCUT2D eigenvalue weighted by atomic mass is 10.0. The lowest BCUT2D eigenvalue weighted by Gasteiger charge is -2.40. The molecule has 0 radical (unpaired) electrons. The van der Waals surface area contributed by atoms with Crippen LogP contribution in [0.5, 0.6) is 0 Å². The Morgan fingerprint density at radius 2 is 1.80 bits per heavy atom. The number of piperazine rings is 1. The number of hydrogen-bond donors (Lipinski definition) is 1. The van der Waals surface area contributed by atoms with E-state index in [9.17, 15) is 4.39 Å². The third-order valence-electron chi connectivity index (χ3n) is 3.84. The van der Waals surface area contributed by atoms with Crippen molar-refractivity contribution in [1.82, 2.24) is 10.2 Å². The van der Waals surface area contributed by atoms with Crippen LogP contribution in [0.2, 0.25) is 0 Å². The number of benzene rings is 1. The highest BCUT2D eigenvalue weighted by Gasteiger charge is 2.24. The maximum atomic E-state index is 13.8. The standard InChI is InChI=1S/C16H26FN3/c1-4-18-16(2,3)13-19-9-11-20(12-10-19)15-8-6-5-7-14(15)17/h5-8,18H,4,9-13H2,1-3H3. The number of nitrogens with zero attached hydrogens (tertiary/aromatic N) is 2. The van der Waals surface area contributed by atoms with E-state index in [-0.39, 0.29) is 11.4 Å². The van der Waals surface area contributed by atoms with Crippen molar-refractivity contribution in [3.8, 4) is 0 Å². The minimum Gasteiger partial charge on any atom is -0.367 e. The fourth-order valence-electron chi connectivity index (χ4n) is 2.95. The van der Waals surface area contributed by atoms with Gasteiger partial charge in [-0.3, -0.25) is 4.90 Å². The maximum Gasteiger partial charge on any atom is 0.146 e. The molecule has 1 heterocycles. The Kier molecular flexibility index (Phi) is 5.00. The summed E-state index contributed by atoms with van der Waals surface area (Å²) in [5, 5.41) is 3.51. The van der Waals surface area contributed by atoms with Crippen molar-refractivity contribution < 1.29 is 4.39 Å². The van der Waals surface area contributed by atoms with Crippen molar-refractivity contribution in [3.63, 3.8) is 0 Å². The Balaban J connectivity index is 1.88. The summed E-state index contributed by atoms with van der Waals surface area (Å²) in [4.78, 5) is 4.60. The van der Waals surface area contributed by atoms with Gasteiger partial charge < -0.3 is 10.2 Å². The van der Waals surface area contributed by atoms with Crippen LogP contribution in [0.25, 0.3) is 0 Å². The van der Waals surface area contributed by atoms with Gasteiger partial charge in [0.2, 0.25) is 0 Å². The van der Waals surface area contributed by atoms with Gasteiger partial charge in [-0.25, -0.2) is 4.39 Å². The molecule has 3 nitrogen and oxygen atoms in total. The summed E-state index contributed by atoms with van der Waals surface area (Å²) in [5.74, 6) is -0.117. The fourth-order valence-corrected chi connectivity index (χ4v) is 2.95. The van der Waals surface area contributed by atoms with Gasteiger partial charge in [0.1, 0.15) is 5.82 Å². The number of rotatable bonds is 5. The van der Waals surface area contributed by atoms with Crippen LogP contribution in [0.3, 0.4) is 0 Å². The van der Waals surface area contributed by atoms with E-state index in [1.807, 2.05) is 12.1 Å². The molecule has 2 rings (SSSR count). The first-order chi connectivity index (χ1) is 9.52. The Labute approximate surface area is 121 Å². The van der Waals surface area contributed by atoms with Crippen molar-refractivity contribution in [1.29, 1.82) is 0 Å². The van der Waals surface area contributed by atoms with Crippen molar-refractivity contribution in [2.24, 2.45) is 0 Å². The van der Waals surface area contributed by atoms with Gasteiger partial charge in [0.05, 0.1) is 5.69 Å². The summed E-state index contributed by atoms with van der Waals surface area (Å²) in [7, 11) is 0. The van der Waals surface area contributed by atoms with Gasteiger partial charge >= 0.3 is 0 Å². The van der Waals surface area contributed by atoms with Crippen molar-refractivity contribution in [3.05, 3.63) is 30.1 Å². The minimum atomic E-state index is -0.117. The van der Waals surface area contributed by atoms with Crippen LogP contribution in [0.4, 0.5) is 10.1 Å². The molecule has 0 aromatic heterocycles. The van der Waals surface area contributed by atoms with Crippen LogP contribution in [0.15, 0.2) is 24.3 Å². The monoisotopic (exact) mass is 279 g/mol. The topological polar surface area (TPSA) is 18.5 Å². The van der Waals surface area contributed by atoms with E-state index in [1.54, 1.807) is 6.07 Å². The molecule has 0 saturated carbocycles. The predicted molar refractivity (Wildman–Crippen MR) is 82.8 cm³/mol. The molecule has 0 atom stereocenters. The second-order valence-corrected chi connectivity index (χ2v) is 6.13. The normalized spacial score (nSPS) is 17.5. The van der Waals surface area contributed by atoms with Crippen molar-refractivity contribution in [2.75, 3.05) is 44.2 Å². The zero-order chi connectivity index (χ0) is 14.6. The minimum absolute atomic E-state index is 0.117. The van der Waals surface area contributed by atoms with E-state index in [4.69, 9.17) is 0 Å². The number of halogens is 1. The fraction of sp³-hybridized carbons (Fsp3) is 0.625. The van der Waals surface area contributed by atoms with E-state index in [1.165, 1.54) is 6.07 Å². The molecule has 0 bridgehead atoms. The molecule has 1 N–H and O–H groups in total. The first-order valence-electron chi connectivity index (χ1n) is 7.49. The number of anilines is 1. The van der Waals surface area contributed by atoms with Crippen molar-refractivity contribution >= 4 is 5.69 Å². The first kappa shape index (κ1) is 15.3. The molecule has 0 unspecified atom stereocenters. The van der Waals surface area contributed by atoms with E-state index in [2.05, 4.69) is 35.9 Å². The molecule has 1 aromatic rings. The summed E-state index contributed by atoms with van der Waals surface area (Å²) in [6.45, 7) is 12.4. The van der Waals surface area contributed by atoms with Gasteiger partial charge in [0, 0.05) is 38.3 Å². The second-order valence-electron chi connectivity index (χ2n) is 6.13. The number of nitrogens with one attached hydrogen (secondary N) is 1. The lowest BCUT2D eigenvalue weighted by Crippen LogP contribution is -2.54. The highest BCUT2D eigenvalue weighted by atomic mass is 19.1. The van der Waals surface area contributed by atoms with E-state index in [0.29, 0.717) is 0 Å². The molecule has 112 valence electrons. The maximum absolute atomic E-state index is 13.8. The lowest BCUT2D eigenvalue weighted by molar-refractivity contribution is 0.192. The molecular weight excluding hydrogens is 253 g/mol. The number of likely N-dealkylation sites (N-methyl/N-ethyl adjacent to an activating group) is 1. The third-order valence-corrected chi connectivity index (χ3v) is 3.84. The van der Waals surface area contributed by atoms with Crippen LogP contribution in [0.1, 0.15) is 20.8 Å². The first-order valence-corrected chi connectivity index (χ1v) is 7.49. The SMILES string of the molecule is CCNC(C)(C)CN1CCN(c2ccccc2F)CC1. The highest BCUT2D eigenvalue weighted by molar-refractivity contribution is 5.47. The van der Waals surface area contributed by atoms with Gasteiger partial charge in [0.25, 0.3) is 0 Å². The molecule has 0 spiro atoms. The molecule has 1 aliphatic rings. The average Bonchev–Trinajstić information content (AvgIpc) is 2.40. The number of hydrogen-bond acceptors (Lipinski definition) is 3. The molecule has 1 fully saturated rings. The second kappa shape index (κ2) is 6.55. The Hall–Kier alpha value is -1.13. The quantitative estimate of drug-likeness (QED) is 0.892. The molecule has 1 saturated heterocycles.